The number of carboxylic acid groups (broad SMARTS) is 4. The molecular weight excluding hydrogens is 520 g/mol. The molecule has 4 unspecified atom stereocenters. The van der Waals surface area contributed by atoms with Gasteiger partial charge in [0, 0.05) is 11.4 Å². The van der Waals surface area contributed by atoms with Crippen LogP contribution in [0.25, 0.3) is 0 Å². The molecule has 0 spiro atoms. The fourth-order valence-electron chi connectivity index (χ4n) is 5.76. The molecule has 2 aromatic carbocycles. The van der Waals surface area contributed by atoms with E-state index in [4.69, 9.17) is 4.42 Å². The van der Waals surface area contributed by atoms with Crippen LogP contribution in [0.5, 0.6) is 0 Å². The molecule has 4 atom stereocenters. The first-order valence-electron chi connectivity index (χ1n) is 12.6. The van der Waals surface area contributed by atoms with Crippen molar-refractivity contribution in [1.29, 1.82) is 0 Å². The summed E-state index contributed by atoms with van der Waals surface area (Å²) in [5, 5.41) is 45.3. The van der Waals surface area contributed by atoms with Crippen LogP contribution in [0, 0.1) is 0 Å². The number of carbonyl (C=O) groups is 4. The van der Waals surface area contributed by atoms with Gasteiger partial charge in [-0.15, -0.1) is 0 Å². The Kier molecular flexibility index (Phi) is 6.32. The largest absolute Gasteiger partial charge is 0.481 e. The first kappa shape index (κ1) is 26.8. The Morgan fingerprint density at radius 3 is 1.57 bits per heavy atom. The van der Waals surface area contributed by atoms with E-state index in [0.29, 0.717) is 39.4 Å². The lowest BCUT2D eigenvalue weighted by molar-refractivity contribution is -0.145. The van der Waals surface area contributed by atoms with Gasteiger partial charge in [-0.2, -0.15) is 0 Å². The summed E-state index contributed by atoms with van der Waals surface area (Å²) in [6.07, 6.45) is 1.18. The Labute approximate surface area is 228 Å². The Hall–Kier alpha value is -4.80. The number of anilines is 2. The van der Waals surface area contributed by atoms with Crippen molar-refractivity contribution in [2.45, 2.75) is 55.5 Å². The van der Waals surface area contributed by atoms with E-state index in [0.717, 1.165) is 0 Å². The van der Waals surface area contributed by atoms with Gasteiger partial charge in [-0.05, 0) is 73.2 Å². The highest BCUT2D eigenvalue weighted by Crippen LogP contribution is 2.45. The van der Waals surface area contributed by atoms with Crippen LogP contribution in [0.4, 0.5) is 11.4 Å². The minimum Gasteiger partial charge on any atom is -0.481 e. The zero-order valence-electron chi connectivity index (χ0n) is 21.7. The van der Waals surface area contributed by atoms with Crippen LogP contribution in [0.2, 0.25) is 0 Å². The summed E-state index contributed by atoms with van der Waals surface area (Å²) in [4.78, 5) is 48.2. The summed E-state index contributed by atoms with van der Waals surface area (Å²) in [5.74, 6) is -6.79. The quantitative estimate of drug-likeness (QED) is 0.249. The SMILES string of the molecule is CC1(C(=O)O)CC(C(=O)O)c2cc(C(c3ccc4c(c3)C(C(=O)O)CC(C)(C(=O)O)N4)c3ccco3)ccc2N1. The van der Waals surface area contributed by atoms with Gasteiger partial charge in [-0.25, -0.2) is 9.59 Å². The molecule has 0 radical (unpaired) electrons. The molecule has 40 heavy (non-hydrogen) atoms. The predicted molar refractivity (Wildman–Crippen MR) is 142 cm³/mol. The average molecular weight is 549 g/mol. The van der Waals surface area contributed by atoms with Crippen LogP contribution < -0.4 is 10.6 Å². The molecule has 0 amide bonds. The van der Waals surface area contributed by atoms with Gasteiger partial charge < -0.3 is 35.5 Å². The molecule has 0 aliphatic carbocycles. The van der Waals surface area contributed by atoms with Crippen molar-refractivity contribution in [2.75, 3.05) is 10.6 Å². The normalized spacial score (nSPS) is 25.9. The fraction of sp³-hybridized carbons (Fsp3) is 0.310. The Balaban J connectivity index is 1.63. The molecule has 5 rings (SSSR count). The highest BCUT2D eigenvalue weighted by molar-refractivity contribution is 5.90. The van der Waals surface area contributed by atoms with E-state index in [1.54, 1.807) is 48.5 Å². The zero-order chi connectivity index (χ0) is 29.0. The Bertz CT molecular complexity index is 1430. The van der Waals surface area contributed by atoms with Crippen molar-refractivity contribution in [2.24, 2.45) is 0 Å². The molecule has 2 aliphatic rings. The molecule has 11 nitrogen and oxygen atoms in total. The van der Waals surface area contributed by atoms with Crippen molar-refractivity contribution < 1.29 is 44.0 Å². The highest BCUT2D eigenvalue weighted by Gasteiger charge is 2.45. The summed E-state index contributed by atoms with van der Waals surface area (Å²) in [6.45, 7) is 2.90. The molecule has 11 heteroatoms. The van der Waals surface area contributed by atoms with Crippen molar-refractivity contribution in [3.05, 3.63) is 82.8 Å². The van der Waals surface area contributed by atoms with Gasteiger partial charge in [0.05, 0.1) is 24.0 Å². The lowest BCUT2D eigenvalue weighted by Crippen LogP contribution is -2.48. The second-order valence-corrected chi connectivity index (χ2v) is 10.9. The third-order valence-corrected chi connectivity index (χ3v) is 7.98. The molecule has 2 aliphatic heterocycles. The number of carboxylic acids is 4. The highest BCUT2D eigenvalue weighted by atomic mass is 16.4. The minimum atomic E-state index is -1.46. The summed E-state index contributed by atoms with van der Waals surface area (Å²) in [7, 11) is 0. The summed E-state index contributed by atoms with van der Waals surface area (Å²) in [6, 6.07) is 13.7. The number of benzene rings is 2. The first-order valence-corrected chi connectivity index (χ1v) is 12.6. The molecular formula is C29H28N2O9. The van der Waals surface area contributed by atoms with Gasteiger partial charge in [0.2, 0.25) is 0 Å². The number of hydrogen-bond acceptors (Lipinski definition) is 7. The van der Waals surface area contributed by atoms with Crippen LogP contribution in [0.15, 0.2) is 59.2 Å². The number of fused-ring (bicyclic) bond motifs is 2. The van der Waals surface area contributed by atoms with E-state index >= 15 is 0 Å². The van der Waals surface area contributed by atoms with Gasteiger partial charge in [0.25, 0.3) is 0 Å². The lowest BCUT2D eigenvalue weighted by atomic mass is 9.76. The van der Waals surface area contributed by atoms with Crippen LogP contribution in [0.1, 0.15) is 72.5 Å². The molecule has 208 valence electrons. The number of nitrogens with one attached hydrogen (secondary N) is 2. The number of hydrogen-bond donors (Lipinski definition) is 6. The van der Waals surface area contributed by atoms with Gasteiger partial charge in [-0.3, -0.25) is 9.59 Å². The lowest BCUT2D eigenvalue weighted by Gasteiger charge is -2.37. The monoisotopic (exact) mass is 548 g/mol. The van der Waals surface area contributed by atoms with Crippen molar-refractivity contribution in [3.8, 4) is 0 Å². The standard InChI is InChI=1S/C29H28N2O9/c1-28(26(36)37)12-18(24(32)33)16-10-14(5-7-20(16)30-28)23(22-4-3-9-40-22)15-6-8-21-17(11-15)19(25(34)35)13-29(2,31-21)27(38)39/h3-11,18-19,23,30-31H,12-13H2,1-2H3,(H,32,33)(H,34,35)(H,36,37)(H,38,39). The molecule has 0 saturated carbocycles. The number of aliphatic carboxylic acids is 4. The van der Waals surface area contributed by atoms with E-state index in [1.807, 2.05) is 0 Å². The van der Waals surface area contributed by atoms with Crippen molar-refractivity contribution in [1.82, 2.24) is 0 Å². The zero-order valence-corrected chi connectivity index (χ0v) is 21.7. The van der Waals surface area contributed by atoms with Gasteiger partial charge in [0.1, 0.15) is 16.8 Å². The summed E-state index contributed by atoms with van der Waals surface area (Å²) < 4.78 is 5.75. The topological polar surface area (TPSA) is 186 Å². The average Bonchev–Trinajstić information content (AvgIpc) is 3.42. The van der Waals surface area contributed by atoms with Crippen molar-refractivity contribution >= 4 is 35.3 Å². The van der Waals surface area contributed by atoms with Crippen LogP contribution >= 0.6 is 0 Å². The maximum atomic E-state index is 12.2. The fourth-order valence-corrected chi connectivity index (χ4v) is 5.76. The third kappa shape index (κ3) is 4.42. The molecule has 0 saturated heterocycles. The van der Waals surface area contributed by atoms with E-state index in [2.05, 4.69) is 10.6 Å². The predicted octanol–water partition coefficient (Wildman–Crippen LogP) is 4.11. The second-order valence-electron chi connectivity index (χ2n) is 10.9. The molecule has 6 N–H and O–H groups in total. The third-order valence-electron chi connectivity index (χ3n) is 7.98. The van der Waals surface area contributed by atoms with Crippen LogP contribution in [-0.2, 0) is 19.2 Å². The Morgan fingerprint density at radius 1 is 0.775 bits per heavy atom. The van der Waals surface area contributed by atoms with E-state index in [9.17, 15) is 39.6 Å². The summed E-state index contributed by atoms with van der Waals surface area (Å²) in [5.41, 5.74) is 0.0666. The van der Waals surface area contributed by atoms with E-state index in [-0.39, 0.29) is 12.8 Å². The smallest absolute Gasteiger partial charge is 0.329 e. The van der Waals surface area contributed by atoms with Crippen LogP contribution in [0.3, 0.4) is 0 Å². The van der Waals surface area contributed by atoms with E-state index in [1.165, 1.54) is 20.1 Å². The number of rotatable bonds is 7. The molecule has 0 fully saturated rings. The number of furan rings is 1. The maximum absolute atomic E-state index is 12.2. The second kappa shape index (κ2) is 9.44. The minimum absolute atomic E-state index is 0.160. The molecule has 1 aromatic heterocycles. The molecule has 3 heterocycles. The molecule has 3 aromatic rings. The Morgan fingerprint density at radius 2 is 1.23 bits per heavy atom. The van der Waals surface area contributed by atoms with Crippen molar-refractivity contribution in [3.63, 3.8) is 0 Å². The van der Waals surface area contributed by atoms with Gasteiger partial charge in [-0.1, -0.05) is 24.3 Å². The molecule has 0 bridgehead atoms. The maximum Gasteiger partial charge on any atom is 0.329 e. The van der Waals surface area contributed by atoms with Gasteiger partial charge >= 0.3 is 23.9 Å². The summed E-state index contributed by atoms with van der Waals surface area (Å²) >= 11 is 0. The van der Waals surface area contributed by atoms with Gasteiger partial charge in [0.15, 0.2) is 0 Å². The van der Waals surface area contributed by atoms with Crippen LogP contribution in [-0.4, -0.2) is 55.4 Å². The van der Waals surface area contributed by atoms with E-state index < -0.39 is 52.7 Å². The first-order chi connectivity index (χ1) is 18.8.